The molecule has 0 fully saturated rings. The quantitative estimate of drug-likeness (QED) is 0.503. The summed E-state index contributed by atoms with van der Waals surface area (Å²) in [6.07, 6.45) is -0.594. The second-order valence-electron chi connectivity index (χ2n) is 2.64. The lowest BCUT2D eigenvalue weighted by atomic mass is 10.4. The van der Waals surface area contributed by atoms with E-state index in [4.69, 9.17) is 4.74 Å². The van der Waals surface area contributed by atoms with Gasteiger partial charge in [-0.05, 0) is 6.92 Å². The van der Waals surface area contributed by atoms with Gasteiger partial charge in [0.05, 0.1) is 6.61 Å². The van der Waals surface area contributed by atoms with E-state index >= 15 is 0 Å². The molecule has 0 spiro atoms. The van der Waals surface area contributed by atoms with Crippen molar-refractivity contribution >= 4 is 6.16 Å². The molecule has 0 heterocycles. The van der Waals surface area contributed by atoms with Crippen LogP contribution in [0.2, 0.25) is 0 Å². The Hall–Kier alpha value is -0.770. The first-order valence-corrected chi connectivity index (χ1v) is 4.19. The van der Waals surface area contributed by atoms with Crippen molar-refractivity contribution in [3.05, 3.63) is 0 Å². The van der Waals surface area contributed by atoms with Crippen LogP contribution in [0.1, 0.15) is 20.8 Å². The predicted molar refractivity (Wildman–Crippen MR) is 46.1 cm³/mol. The van der Waals surface area contributed by atoms with Gasteiger partial charge in [0.25, 0.3) is 0 Å². The lowest BCUT2D eigenvalue weighted by Crippen LogP contribution is -2.27. The van der Waals surface area contributed by atoms with Crippen LogP contribution in [-0.2, 0) is 9.47 Å². The summed E-state index contributed by atoms with van der Waals surface area (Å²) < 4.78 is 9.27. The molecule has 0 unspecified atom stereocenters. The SMILES string of the molecule is CCOC(=O)OCCNC(C)C. The summed E-state index contributed by atoms with van der Waals surface area (Å²) in [5.74, 6) is 0. The van der Waals surface area contributed by atoms with Crippen LogP contribution in [0.4, 0.5) is 4.79 Å². The van der Waals surface area contributed by atoms with Crippen molar-refractivity contribution in [2.24, 2.45) is 0 Å². The van der Waals surface area contributed by atoms with Crippen molar-refractivity contribution in [2.75, 3.05) is 19.8 Å². The fourth-order valence-corrected chi connectivity index (χ4v) is 0.641. The summed E-state index contributed by atoms with van der Waals surface area (Å²) in [5, 5.41) is 3.11. The smallest absolute Gasteiger partial charge is 0.435 e. The molecule has 0 amide bonds. The molecule has 4 nitrogen and oxygen atoms in total. The number of ether oxygens (including phenoxy) is 2. The van der Waals surface area contributed by atoms with E-state index in [9.17, 15) is 4.79 Å². The summed E-state index contributed by atoms with van der Waals surface area (Å²) in [6.45, 7) is 7.19. The molecule has 0 atom stereocenters. The van der Waals surface area contributed by atoms with Crippen molar-refractivity contribution in [1.29, 1.82) is 0 Å². The highest BCUT2D eigenvalue weighted by Gasteiger charge is 2.00. The monoisotopic (exact) mass is 175 g/mol. The van der Waals surface area contributed by atoms with Gasteiger partial charge in [0.1, 0.15) is 6.61 Å². The molecule has 0 aromatic rings. The van der Waals surface area contributed by atoms with Crippen LogP contribution in [-0.4, -0.2) is 32.0 Å². The highest BCUT2D eigenvalue weighted by Crippen LogP contribution is 1.84. The number of carbonyl (C=O) groups is 1. The normalized spacial score (nSPS) is 10.0. The van der Waals surface area contributed by atoms with E-state index in [2.05, 4.69) is 10.1 Å². The van der Waals surface area contributed by atoms with Gasteiger partial charge in [-0.3, -0.25) is 0 Å². The average Bonchev–Trinajstić information content (AvgIpc) is 1.98. The van der Waals surface area contributed by atoms with Gasteiger partial charge in [-0.25, -0.2) is 4.79 Å². The fourth-order valence-electron chi connectivity index (χ4n) is 0.641. The molecule has 0 aromatic heterocycles. The van der Waals surface area contributed by atoms with Crippen LogP contribution in [0.5, 0.6) is 0 Å². The van der Waals surface area contributed by atoms with Gasteiger partial charge in [-0.2, -0.15) is 0 Å². The molecule has 12 heavy (non-hydrogen) atoms. The standard InChI is InChI=1S/C8H17NO3/c1-4-11-8(10)12-6-5-9-7(2)3/h7,9H,4-6H2,1-3H3. The minimum Gasteiger partial charge on any atom is -0.435 e. The molecule has 0 aliphatic carbocycles. The van der Waals surface area contributed by atoms with Crippen molar-refractivity contribution in [1.82, 2.24) is 5.32 Å². The minimum atomic E-state index is -0.594. The van der Waals surface area contributed by atoms with Crippen molar-refractivity contribution in [2.45, 2.75) is 26.8 Å². The second-order valence-corrected chi connectivity index (χ2v) is 2.64. The van der Waals surface area contributed by atoms with Gasteiger partial charge in [-0.1, -0.05) is 13.8 Å². The molecule has 0 saturated carbocycles. The molecule has 72 valence electrons. The Balaban J connectivity index is 3.14. The van der Waals surface area contributed by atoms with E-state index < -0.39 is 6.16 Å². The maximum atomic E-state index is 10.6. The molecule has 0 aromatic carbocycles. The van der Waals surface area contributed by atoms with Crippen molar-refractivity contribution < 1.29 is 14.3 Å². The van der Waals surface area contributed by atoms with E-state index in [0.717, 1.165) is 0 Å². The van der Waals surface area contributed by atoms with Gasteiger partial charge < -0.3 is 14.8 Å². The lowest BCUT2D eigenvalue weighted by molar-refractivity contribution is 0.0594. The number of hydrogen-bond donors (Lipinski definition) is 1. The van der Waals surface area contributed by atoms with Gasteiger partial charge >= 0.3 is 6.16 Å². The van der Waals surface area contributed by atoms with Crippen molar-refractivity contribution in [3.63, 3.8) is 0 Å². The molecule has 0 saturated heterocycles. The summed E-state index contributed by atoms with van der Waals surface area (Å²) in [7, 11) is 0. The summed E-state index contributed by atoms with van der Waals surface area (Å²) in [6, 6.07) is 0.413. The van der Waals surface area contributed by atoms with Crippen LogP contribution in [0.15, 0.2) is 0 Å². The van der Waals surface area contributed by atoms with Gasteiger partial charge in [-0.15, -0.1) is 0 Å². The van der Waals surface area contributed by atoms with Crippen LogP contribution in [0, 0.1) is 0 Å². The zero-order valence-electron chi connectivity index (χ0n) is 7.92. The van der Waals surface area contributed by atoms with Gasteiger partial charge in [0.15, 0.2) is 0 Å². The molecule has 0 bridgehead atoms. The Bertz CT molecular complexity index is 125. The number of nitrogens with one attached hydrogen (secondary N) is 1. The number of carbonyl (C=O) groups excluding carboxylic acids is 1. The van der Waals surface area contributed by atoms with E-state index in [-0.39, 0.29) is 0 Å². The second kappa shape index (κ2) is 6.91. The predicted octanol–water partition coefficient (Wildman–Crippen LogP) is 1.16. The third kappa shape index (κ3) is 7.34. The molecule has 0 aliphatic rings. The Morgan fingerprint density at radius 2 is 2.08 bits per heavy atom. The molecular weight excluding hydrogens is 158 g/mol. The zero-order valence-corrected chi connectivity index (χ0v) is 7.92. The topological polar surface area (TPSA) is 47.6 Å². The highest BCUT2D eigenvalue weighted by atomic mass is 16.7. The van der Waals surface area contributed by atoms with E-state index in [1.165, 1.54) is 0 Å². The van der Waals surface area contributed by atoms with E-state index in [0.29, 0.717) is 25.8 Å². The molecule has 1 N–H and O–H groups in total. The first kappa shape index (κ1) is 11.2. The summed E-state index contributed by atoms with van der Waals surface area (Å²) >= 11 is 0. The van der Waals surface area contributed by atoms with Crippen LogP contribution in [0.25, 0.3) is 0 Å². The highest BCUT2D eigenvalue weighted by molar-refractivity contribution is 5.59. The molecule has 0 aliphatic heterocycles. The maximum absolute atomic E-state index is 10.6. The lowest BCUT2D eigenvalue weighted by Gasteiger charge is -2.07. The van der Waals surface area contributed by atoms with Gasteiger partial charge in [0, 0.05) is 12.6 Å². The Morgan fingerprint density at radius 1 is 1.42 bits per heavy atom. The molecule has 0 rings (SSSR count). The first-order valence-electron chi connectivity index (χ1n) is 4.19. The molecule has 0 radical (unpaired) electrons. The maximum Gasteiger partial charge on any atom is 0.508 e. The van der Waals surface area contributed by atoms with Crippen molar-refractivity contribution in [3.8, 4) is 0 Å². The Kier molecular flexibility index (Phi) is 6.47. The van der Waals surface area contributed by atoms with E-state index in [1.807, 2.05) is 13.8 Å². The van der Waals surface area contributed by atoms with Crippen LogP contribution >= 0.6 is 0 Å². The minimum absolute atomic E-state index is 0.358. The Labute approximate surface area is 73.2 Å². The summed E-state index contributed by atoms with van der Waals surface area (Å²) in [5.41, 5.74) is 0. The van der Waals surface area contributed by atoms with Gasteiger partial charge in [0.2, 0.25) is 0 Å². The zero-order chi connectivity index (χ0) is 9.40. The molecule has 4 heteroatoms. The van der Waals surface area contributed by atoms with Crippen LogP contribution < -0.4 is 5.32 Å². The fraction of sp³-hybridized carbons (Fsp3) is 0.875. The van der Waals surface area contributed by atoms with E-state index in [1.54, 1.807) is 6.92 Å². The third-order valence-electron chi connectivity index (χ3n) is 1.14. The largest absolute Gasteiger partial charge is 0.508 e. The first-order chi connectivity index (χ1) is 5.66. The Morgan fingerprint density at radius 3 is 2.58 bits per heavy atom. The number of rotatable bonds is 5. The summed E-state index contributed by atoms with van der Waals surface area (Å²) in [4.78, 5) is 10.6. The average molecular weight is 175 g/mol. The number of hydrogen-bond acceptors (Lipinski definition) is 4. The third-order valence-corrected chi connectivity index (χ3v) is 1.14. The van der Waals surface area contributed by atoms with Crippen LogP contribution in [0.3, 0.4) is 0 Å². The molecular formula is C8H17NO3.